The van der Waals surface area contributed by atoms with Gasteiger partial charge in [0.15, 0.2) is 0 Å². The van der Waals surface area contributed by atoms with Gasteiger partial charge in [-0.1, -0.05) is 12.1 Å². The van der Waals surface area contributed by atoms with Crippen molar-refractivity contribution in [3.8, 4) is 5.75 Å². The molecule has 0 fully saturated rings. The molecule has 0 spiro atoms. The van der Waals surface area contributed by atoms with Gasteiger partial charge in [-0.15, -0.1) is 10.2 Å². The van der Waals surface area contributed by atoms with Gasteiger partial charge in [0.05, 0.1) is 13.3 Å². The van der Waals surface area contributed by atoms with Gasteiger partial charge in [-0.05, 0) is 17.7 Å². The first-order valence-electron chi connectivity index (χ1n) is 4.41. The van der Waals surface area contributed by atoms with E-state index in [0.29, 0.717) is 0 Å². The maximum absolute atomic E-state index is 5.10. The highest BCUT2D eigenvalue weighted by Crippen LogP contribution is 2.10. The lowest BCUT2D eigenvalue weighted by Crippen LogP contribution is -1.88. The van der Waals surface area contributed by atoms with Gasteiger partial charge in [-0.3, -0.25) is 0 Å². The first kappa shape index (κ1) is 9.39. The molecule has 2 rings (SSSR count). The number of methoxy groups -OCH3 is 1. The largest absolute Gasteiger partial charge is 0.497 e. The number of nitrogens with zero attached hydrogens (tertiary/aromatic N) is 4. The lowest BCUT2D eigenvalue weighted by Gasteiger charge is -1.99. The highest BCUT2D eigenvalue weighted by Gasteiger charge is 1.92. The monoisotopic (exact) mass is 202 g/mol. The van der Waals surface area contributed by atoms with Crippen molar-refractivity contribution in [2.45, 2.75) is 0 Å². The normalized spacial score (nSPS) is 10.7. The molecule has 0 radical (unpaired) electrons. The van der Waals surface area contributed by atoms with Gasteiger partial charge < -0.3 is 4.74 Å². The van der Waals surface area contributed by atoms with Crippen LogP contribution in [0.4, 0.5) is 0 Å². The SMILES string of the molecule is COc1cccc(/C=N\n2cnnc2)c1. The summed E-state index contributed by atoms with van der Waals surface area (Å²) in [6, 6.07) is 7.63. The zero-order valence-corrected chi connectivity index (χ0v) is 8.24. The highest BCUT2D eigenvalue weighted by atomic mass is 16.5. The van der Waals surface area contributed by atoms with Crippen molar-refractivity contribution in [1.29, 1.82) is 0 Å². The van der Waals surface area contributed by atoms with E-state index in [-0.39, 0.29) is 0 Å². The number of benzene rings is 1. The van der Waals surface area contributed by atoms with Gasteiger partial charge in [0.25, 0.3) is 0 Å². The van der Waals surface area contributed by atoms with Crippen LogP contribution in [0.5, 0.6) is 5.75 Å². The summed E-state index contributed by atoms with van der Waals surface area (Å²) in [6.45, 7) is 0. The number of aromatic nitrogens is 3. The van der Waals surface area contributed by atoms with Crippen molar-refractivity contribution in [2.24, 2.45) is 5.10 Å². The minimum atomic E-state index is 0.808. The van der Waals surface area contributed by atoms with Crippen LogP contribution < -0.4 is 4.74 Å². The molecular weight excluding hydrogens is 192 g/mol. The van der Waals surface area contributed by atoms with Crippen molar-refractivity contribution in [3.05, 3.63) is 42.5 Å². The third-order valence-electron chi connectivity index (χ3n) is 1.84. The van der Waals surface area contributed by atoms with Gasteiger partial charge in [-0.25, -0.2) is 4.68 Å². The Morgan fingerprint density at radius 1 is 1.33 bits per heavy atom. The van der Waals surface area contributed by atoms with E-state index in [0.717, 1.165) is 11.3 Å². The van der Waals surface area contributed by atoms with Crippen LogP contribution in [0, 0.1) is 0 Å². The second kappa shape index (κ2) is 4.36. The fraction of sp³-hybridized carbons (Fsp3) is 0.100. The predicted molar refractivity (Wildman–Crippen MR) is 56.0 cm³/mol. The summed E-state index contributed by atoms with van der Waals surface area (Å²) in [4.78, 5) is 0. The predicted octanol–water partition coefficient (Wildman–Crippen LogP) is 1.17. The summed E-state index contributed by atoms with van der Waals surface area (Å²) in [5, 5.41) is 11.4. The molecule has 0 aliphatic carbocycles. The van der Waals surface area contributed by atoms with E-state index in [2.05, 4.69) is 15.3 Å². The molecule has 0 saturated carbocycles. The first-order valence-corrected chi connectivity index (χ1v) is 4.41. The Balaban J connectivity index is 2.17. The van der Waals surface area contributed by atoms with Crippen LogP contribution in [0.1, 0.15) is 5.56 Å². The second-order valence-electron chi connectivity index (χ2n) is 2.86. The Kier molecular flexibility index (Phi) is 2.73. The molecule has 76 valence electrons. The summed E-state index contributed by atoms with van der Waals surface area (Å²) in [7, 11) is 1.63. The molecule has 0 saturated heterocycles. The quantitative estimate of drug-likeness (QED) is 0.702. The van der Waals surface area contributed by atoms with Crippen LogP contribution in [-0.2, 0) is 0 Å². The molecule has 1 heterocycles. The van der Waals surface area contributed by atoms with Crippen molar-refractivity contribution in [2.75, 3.05) is 7.11 Å². The first-order chi connectivity index (χ1) is 7.38. The van der Waals surface area contributed by atoms with E-state index < -0.39 is 0 Å². The van der Waals surface area contributed by atoms with Gasteiger partial charge in [-0.2, -0.15) is 5.10 Å². The molecule has 0 aliphatic rings. The molecule has 1 aromatic heterocycles. The second-order valence-corrected chi connectivity index (χ2v) is 2.86. The Morgan fingerprint density at radius 3 is 2.87 bits per heavy atom. The van der Waals surface area contributed by atoms with E-state index in [1.54, 1.807) is 13.3 Å². The van der Waals surface area contributed by atoms with Crippen LogP contribution in [0.25, 0.3) is 0 Å². The summed E-state index contributed by atoms with van der Waals surface area (Å²) in [6.07, 6.45) is 4.76. The van der Waals surface area contributed by atoms with E-state index in [4.69, 9.17) is 4.74 Å². The standard InChI is InChI=1S/C10H10N4O/c1-15-10-4-2-3-9(5-10)6-13-14-7-11-12-8-14/h2-8H,1H3/b13-6-. The number of hydrogen-bond acceptors (Lipinski definition) is 4. The Morgan fingerprint density at radius 2 is 2.13 bits per heavy atom. The fourth-order valence-corrected chi connectivity index (χ4v) is 1.11. The molecule has 0 amide bonds. The van der Waals surface area contributed by atoms with Crippen LogP contribution in [0.2, 0.25) is 0 Å². The molecule has 0 N–H and O–H groups in total. The average molecular weight is 202 g/mol. The van der Waals surface area contributed by atoms with E-state index >= 15 is 0 Å². The fourth-order valence-electron chi connectivity index (χ4n) is 1.11. The van der Waals surface area contributed by atoms with Crippen molar-refractivity contribution >= 4 is 6.21 Å². The maximum Gasteiger partial charge on any atom is 0.141 e. The Labute approximate surface area is 87.0 Å². The van der Waals surface area contributed by atoms with Gasteiger partial charge in [0.1, 0.15) is 18.4 Å². The topological polar surface area (TPSA) is 52.3 Å². The van der Waals surface area contributed by atoms with Gasteiger partial charge >= 0.3 is 0 Å². The molecule has 2 aromatic rings. The molecule has 15 heavy (non-hydrogen) atoms. The molecule has 0 atom stereocenters. The summed E-state index contributed by atoms with van der Waals surface area (Å²) < 4.78 is 6.63. The molecule has 0 aliphatic heterocycles. The Hall–Kier alpha value is -2.17. The third kappa shape index (κ3) is 2.40. The smallest absolute Gasteiger partial charge is 0.141 e. The number of rotatable bonds is 3. The third-order valence-corrected chi connectivity index (χ3v) is 1.84. The summed E-state index contributed by atoms with van der Waals surface area (Å²) >= 11 is 0. The van der Waals surface area contributed by atoms with Gasteiger partial charge in [0, 0.05) is 0 Å². The summed E-state index contributed by atoms with van der Waals surface area (Å²) in [5.74, 6) is 0.808. The van der Waals surface area contributed by atoms with Crippen molar-refractivity contribution < 1.29 is 4.74 Å². The zero-order valence-electron chi connectivity index (χ0n) is 8.24. The van der Waals surface area contributed by atoms with Crippen LogP contribution in [0.3, 0.4) is 0 Å². The summed E-state index contributed by atoms with van der Waals surface area (Å²) in [5.41, 5.74) is 0.961. The van der Waals surface area contributed by atoms with Crippen molar-refractivity contribution in [1.82, 2.24) is 14.9 Å². The molecule has 5 nitrogen and oxygen atoms in total. The zero-order chi connectivity index (χ0) is 10.5. The van der Waals surface area contributed by atoms with Crippen molar-refractivity contribution in [3.63, 3.8) is 0 Å². The maximum atomic E-state index is 5.10. The van der Waals surface area contributed by atoms with Crippen LogP contribution in [0.15, 0.2) is 42.0 Å². The van der Waals surface area contributed by atoms with Crippen LogP contribution >= 0.6 is 0 Å². The average Bonchev–Trinajstić information content (AvgIpc) is 2.79. The minimum absolute atomic E-state index is 0.808. The number of hydrogen-bond donors (Lipinski definition) is 0. The van der Waals surface area contributed by atoms with E-state index in [9.17, 15) is 0 Å². The molecule has 1 aromatic carbocycles. The molecular formula is C10H10N4O. The molecule has 0 unspecified atom stereocenters. The van der Waals surface area contributed by atoms with Gasteiger partial charge in [0.2, 0.25) is 0 Å². The van der Waals surface area contributed by atoms with Crippen LogP contribution in [-0.4, -0.2) is 28.2 Å². The molecule has 5 heteroatoms. The minimum Gasteiger partial charge on any atom is -0.497 e. The Bertz CT molecular complexity index is 450. The van der Waals surface area contributed by atoms with E-state index in [1.165, 1.54) is 17.3 Å². The van der Waals surface area contributed by atoms with E-state index in [1.807, 2.05) is 24.3 Å². The molecule has 0 bridgehead atoms. The number of ether oxygens (including phenoxy) is 1. The lowest BCUT2D eigenvalue weighted by molar-refractivity contribution is 0.415. The highest BCUT2D eigenvalue weighted by molar-refractivity contribution is 5.80. The lowest BCUT2D eigenvalue weighted by atomic mass is 10.2.